The van der Waals surface area contributed by atoms with Crippen molar-refractivity contribution in [2.45, 2.75) is 33.6 Å². The number of halogens is 1. The van der Waals surface area contributed by atoms with Crippen LogP contribution in [0.4, 0.5) is 0 Å². The summed E-state index contributed by atoms with van der Waals surface area (Å²) in [6.07, 6.45) is 0. The van der Waals surface area contributed by atoms with E-state index < -0.39 is 0 Å². The molecule has 0 radical (unpaired) electrons. The fourth-order valence-electron chi connectivity index (χ4n) is 1.52. The van der Waals surface area contributed by atoms with Crippen LogP contribution in [0.3, 0.4) is 0 Å². The normalized spacial score (nSPS) is 12.9. The van der Waals surface area contributed by atoms with E-state index in [-0.39, 0.29) is 0 Å². The zero-order valence-corrected chi connectivity index (χ0v) is 12.2. The molecule has 0 fully saturated rings. The third kappa shape index (κ3) is 3.82. The minimum absolute atomic E-state index is 0.509. The number of rotatable bonds is 5. The molecule has 0 bridgehead atoms. The summed E-state index contributed by atoms with van der Waals surface area (Å²) in [5.74, 6) is 2.10. The molecule has 1 aromatic carbocycles. The van der Waals surface area contributed by atoms with E-state index in [1.165, 1.54) is 11.1 Å². The van der Waals surface area contributed by atoms with E-state index in [0.29, 0.717) is 11.8 Å². The number of aryl methyl sites for hydroxylation is 1. The summed E-state index contributed by atoms with van der Waals surface area (Å²) in [6, 6.07) is 6.46. The van der Waals surface area contributed by atoms with Crippen molar-refractivity contribution in [1.82, 2.24) is 0 Å². The first-order valence-electron chi connectivity index (χ1n) is 5.84. The van der Waals surface area contributed by atoms with Gasteiger partial charge in [-0.3, -0.25) is 0 Å². The molecule has 0 N–H and O–H groups in total. The van der Waals surface area contributed by atoms with Crippen LogP contribution < -0.4 is 4.74 Å². The van der Waals surface area contributed by atoms with Gasteiger partial charge < -0.3 is 4.74 Å². The maximum absolute atomic E-state index is 5.90. The molecule has 1 unspecified atom stereocenters. The average molecular weight is 285 g/mol. The monoisotopic (exact) mass is 284 g/mol. The van der Waals surface area contributed by atoms with E-state index in [1.807, 2.05) is 0 Å². The Morgan fingerprint density at radius 3 is 2.50 bits per heavy atom. The SMILES string of the molecule is Cc1ccc(C(C)C)c(OCC(C)CBr)c1. The summed E-state index contributed by atoms with van der Waals surface area (Å²) in [7, 11) is 0. The lowest BCUT2D eigenvalue weighted by Gasteiger charge is -2.16. The molecule has 1 rings (SSSR count). The van der Waals surface area contributed by atoms with Gasteiger partial charge in [-0.05, 0) is 36.0 Å². The van der Waals surface area contributed by atoms with E-state index in [9.17, 15) is 0 Å². The molecule has 90 valence electrons. The predicted octanol–water partition coefficient (Wildman–Crippen LogP) is 4.53. The maximum atomic E-state index is 5.90. The second-order valence-electron chi connectivity index (χ2n) is 4.77. The van der Waals surface area contributed by atoms with Gasteiger partial charge in [0.2, 0.25) is 0 Å². The smallest absolute Gasteiger partial charge is 0.123 e. The van der Waals surface area contributed by atoms with Gasteiger partial charge in [0.15, 0.2) is 0 Å². The quantitative estimate of drug-likeness (QED) is 0.722. The van der Waals surface area contributed by atoms with Crippen molar-refractivity contribution in [1.29, 1.82) is 0 Å². The minimum Gasteiger partial charge on any atom is -0.493 e. The Morgan fingerprint density at radius 2 is 1.94 bits per heavy atom. The molecule has 2 heteroatoms. The number of ether oxygens (including phenoxy) is 1. The lowest BCUT2D eigenvalue weighted by Crippen LogP contribution is -2.11. The second-order valence-corrected chi connectivity index (χ2v) is 5.41. The van der Waals surface area contributed by atoms with Gasteiger partial charge in [0.25, 0.3) is 0 Å². The molecule has 1 atom stereocenters. The van der Waals surface area contributed by atoms with Gasteiger partial charge in [0.05, 0.1) is 6.61 Å². The van der Waals surface area contributed by atoms with Crippen molar-refractivity contribution < 1.29 is 4.74 Å². The van der Waals surface area contributed by atoms with E-state index in [1.54, 1.807) is 0 Å². The van der Waals surface area contributed by atoms with E-state index >= 15 is 0 Å². The van der Waals surface area contributed by atoms with Gasteiger partial charge in [-0.15, -0.1) is 0 Å². The fourth-order valence-corrected chi connectivity index (χ4v) is 1.71. The molecule has 0 spiro atoms. The van der Waals surface area contributed by atoms with Crippen LogP contribution in [0.15, 0.2) is 18.2 Å². The number of alkyl halides is 1. The Bertz CT molecular complexity index is 334. The van der Waals surface area contributed by atoms with Crippen LogP contribution in [0.5, 0.6) is 5.75 Å². The molecular formula is C14H21BrO. The number of hydrogen-bond donors (Lipinski definition) is 0. The summed E-state index contributed by atoms with van der Waals surface area (Å²) >= 11 is 3.47. The van der Waals surface area contributed by atoms with Gasteiger partial charge in [-0.1, -0.05) is 48.8 Å². The molecular weight excluding hydrogens is 264 g/mol. The second kappa shape index (κ2) is 6.29. The Morgan fingerprint density at radius 1 is 1.25 bits per heavy atom. The molecule has 0 amide bonds. The van der Waals surface area contributed by atoms with Gasteiger partial charge in [-0.2, -0.15) is 0 Å². The van der Waals surface area contributed by atoms with Crippen molar-refractivity contribution >= 4 is 15.9 Å². The minimum atomic E-state index is 0.509. The lowest BCUT2D eigenvalue weighted by molar-refractivity contribution is 0.270. The number of hydrogen-bond acceptors (Lipinski definition) is 1. The maximum Gasteiger partial charge on any atom is 0.123 e. The molecule has 0 aliphatic heterocycles. The highest BCUT2D eigenvalue weighted by Crippen LogP contribution is 2.27. The van der Waals surface area contributed by atoms with Crippen LogP contribution >= 0.6 is 15.9 Å². The van der Waals surface area contributed by atoms with Crippen LogP contribution in [-0.4, -0.2) is 11.9 Å². The fraction of sp³-hybridized carbons (Fsp3) is 0.571. The van der Waals surface area contributed by atoms with Crippen LogP contribution in [0.2, 0.25) is 0 Å². The topological polar surface area (TPSA) is 9.23 Å². The van der Waals surface area contributed by atoms with Crippen molar-refractivity contribution in [2.75, 3.05) is 11.9 Å². The van der Waals surface area contributed by atoms with E-state index in [2.05, 4.69) is 61.8 Å². The zero-order valence-electron chi connectivity index (χ0n) is 10.6. The molecule has 16 heavy (non-hydrogen) atoms. The summed E-state index contributed by atoms with van der Waals surface area (Å²) < 4.78 is 5.90. The summed E-state index contributed by atoms with van der Waals surface area (Å²) in [5, 5.41) is 0.982. The zero-order chi connectivity index (χ0) is 12.1. The van der Waals surface area contributed by atoms with Crippen LogP contribution in [0.1, 0.15) is 37.8 Å². The largest absolute Gasteiger partial charge is 0.493 e. The Hall–Kier alpha value is -0.500. The highest BCUT2D eigenvalue weighted by atomic mass is 79.9. The van der Waals surface area contributed by atoms with Gasteiger partial charge in [-0.25, -0.2) is 0 Å². The van der Waals surface area contributed by atoms with E-state index in [0.717, 1.165) is 17.7 Å². The summed E-state index contributed by atoms with van der Waals surface area (Å²) in [6.45, 7) is 9.45. The van der Waals surface area contributed by atoms with E-state index in [4.69, 9.17) is 4.74 Å². The predicted molar refractivity (Wildman–Crippen MR) is 73.7 cm³/mol. The molecule has 0 saturated carbocycles. The highest BCUT2D eigenvalue weighted by Gasteiger charge is 2.09. The van der Waals surface area contributed by atoms with Crippen molar-refractivity contribution in [3.8, 4) is 5.75 Å². The van der Waals surface area contributed by atoms with Crippen molar-refractivity contribution in [2.24, 2.45) is 5.92 Å². The van der Waals surface area contributed by atoms with Gasteiger partial charge in [0.1, 0.15) is 5.75 Å². The van der Waals surface area contributed by atoms with Gasteiger partial charge in [0, 0.05) is 5.33 Å². The first-order valence-corrected chi connectivity index (χ1v) is 6.96. The molecule has 0 saturated heterocycles. The van der Waals surface area contributed by atoms with Crippen LogP contribution in [0.25, 0.3) is 0 Å². The standard InChI is InChI=1S/C14H21BrO/c1-10(2)13-6-5-11(3)7-14(13)16-9-12(4)8-15/h5-7,10,12H,8-9H2,1-4H3. The molecule has 0 aromatic heterocycles. The Labute approximate surface area is 107 Å². The first kappa shape index (κ1) is 13.6. The van der Waals surface area contributed by atoms with Crippen LogP contribution in [0, 0.1) is 12.8 Å². The van der Waals surface area contributed by atoms with Gasteiger partial charge >= 0.3 is 0 Å². The Kier molecular flexibility index (Phi) is 5.33. The lowest BCUT2D eigenvalue weighted by atomic mass is 10.0. The third-order valence-corrected chi connectivity index (χ3v) is 3.68. The number of benzene rings is 1. The molecule has 0 aliphatic carbocycles. The summed E-state index contributed by atoms with van der Waals surface area (Å²) in [4.78, 5) is 0. The average Bonchev–Trinajstić information content (AvgIpc) is 2.25. The third-order valence-electron chi connectivity index (χ3n) is 2.58. The summed E-state index contributed by atoms with van der Waals surface area (Å²) in [5.41, 5.74) is 2.55. The molecule has 1 nitrogen and oxygen atoms in total. The molecule has 1 aromatic rings. The highest BCUT2D eigenvalue weighted by molar-refractivity contribution is 9.09. The molecule has 0 aliphatic rings. The Balaban J connectivity index is 2.80. The first-order chi connectivity index (χ1) is 7.54. The van der Waals surface area contributed by atoms with Crippen LogP contribution in [-0.2, 0) is 0 Å². The van der Waals surface area contributed by atoms with Crippen molar-refractivity contribution in [3.05, 3.63) is 29.3 Å². The van der Waals surface area contributed by atoms with Crippen molar-refractivity contribution in [3.63, 3.8) is 0 Å². The molecule has 0 heterocycles.